The molecule has 0 N–H and O–H groups in total. The maximum absolute atomic E-state index is 12.9. The number of hydrogen-bond acceptors (Lipinski definition) is 5. The molecule has 394 valence electrons. The van der Waals surface area contributed by atoms with Gasteiger partial charge in [-0.3, -0.25) is 9.59 Å². The van der Waals surface area contributed by atoms with E-state index >= 15 is 0 Å². The fraction of sp³-hybridized carbons (Fsp3) is 0.778. The van der Waals surface area contributed by atoms with Crippen molar-refractivity contribution in [3.8, 4) is 0 Å². The van der Waals surface area contributed by atoms with Gasteiger partial charge in [0, 0.05) is 19.4 Å². The second-order valence-electron chi connectivity index (χ2n) is 19.5. The van der Waals surface area contributed by atoms with Crippen LogP contribution in [0.15, 0.2) is 72.9 Å². The summed E-state index contributed by atoms with van der Waals surface area (Å²) in [4.78, 5) is 25.5. The number of carbonyl (C=O) groups excluding carboxylic acids is 2. The highest BCUT2D eigenvalue weighted by Crippen LogP contribution is 2.16. The summed E-state index contributed by atoms with van der Waals surface area (Å²) in [6, 6.07) is 0. The van der Waals surface area contributed by atoms with Crippen LogP contribution in [0.4, 0.5) is 0 Å². The molecule has 0 heterocycles. The van der Waals surface area contributed by atoms with E-state index < -0.39 is 6.10 Å². The van der Waals surface area contributed by atoms with Gasteiger partial charge in [-0.25, -0.2) is 0 Å². The topological polar surface area (TPSA) is 61.8 Å². The lowest BCUT2D eigenvalue weighted by molar-refractivity contribution is -0.163. The summed E-state index contributed by atoms with van der Waals surface area (Å²) in [5, 5.41) is 0. The van der Waals surface area contributed by atoms with Crippen molar-refractivity contribution in [2.75, 3.05) is 19.8 Å². The molecule has 0 unspecified atom stereocenters. The normalized spacial score (nSPS) is 12.7. The third kappa shape index (κ3) is 55.9. The van der Waals surface area contributed by atoms with Crippen molar-refractivity contribution < 1.29 is 23.8 Å². The minimum Gasteiger partial charge on any atom is -0.462 e. The second-order valence-corrected chi connectivity index (χ2v) is 19.5. The Kier molecular flexibility index (Phi) is 56.4. The highest BCUT2D eigenvalue weighted by Gasteiger charge is 2.17. The molecule has 0 amide bonds. The zero-order valence-corrected chi connectivity index (χ0v) is 45.4. The molecule has 0 aliphatic heterocycles. The Morgan fingerprint density at radius 2 is 0.662 bits per heavy atom. The Morgan fingerprint density at radius 3 is 1.09 bits per heavy atom. The molecule has 0 fully saturated rings. The van der Waals surface area contributed by atoms with Crippen LogP contribution >= 0.6 is 0 Å². The van der Waals surface area contributed by atoms with Crippen molar-refractivity contribution in [2.24, 2.45) is 0 Å². The largest absolute Gasteiger partial charge is 0.462 e. The zero-order valence-electron chi connectivity index (χ0n) is 45.4. The molecule has 1 atom stereocenters. The molecule has 0 spiro atoms. The predicted molar refractivity (Wildman–Crippen MR) is 297 cm³/mol. The molecule has 0 saturated carbocycles. The molecule has 0 saturated heterocycles. The van der Waals surface area contributed by atoms with Gasteiger partial charge in [-0.15, -0.1) is 0 Å². The lowest BCUT2D eigenvalue weighted by atomic mass is 10.0. The highest BCUT2D eigenvalue weighted by atomic mass is 16.6. The number of ether oxygens (including phenoxy) is 3. The van der Waals surface area contributed by atoms with Crippen molar-refractivity contribution >= 4 is 11.9 Å². The number of unbranched alkanes of at least 4 members (excludes halogenated alkanes) is 31. The highest BCUT2D eigenvalue weighted by molar-refractivity contribution is 5.70. The average molecular weight is 950 g/mol. The van der Waals surface area contributed by atoms with Gasteiger partial charge in [0.25, 0.3) is 0 Å². The van der Waals surface area contributed by atoms with Crippen LogP contribution in [0.3, 0.4) is 0 Å². The van der Waals surface area contributed by atoms with Crippen molar-refractivity contribution in [2.45, 2.75) is 297 Å². The third-order valence-electron chi connectivity index (χ3n) is 12.7. The summed E-state index contributed by atoms with van der Waals surface area (Å²) >= 11 is 0. The van der Waals surface area contributed by atoms with Crippen LogP contribution in [0.25, 0.3) is 0 Å². The van der Waals surface area contributed by atoms with E-state index in [-0.39, 0.29) is 25.2 Å². The molecule has 0 rings (SSSR count). The summed E-state index contributed by atoms with van der Waals surface area (Å²) in [7, 11) is 0. The number of hydrogen-bond donors (Lipinski definition) is 0. The van der Waals surface area contributed by atoms with E-state index in [1.807, 2.05) is 0 Å². The van der Waals surface area contributed by atoms with Gasteiger partial charge >= 0.3 is 11.9 Å². The molecule has 0 aromatic heterocycles. The van der Waals surface area contributed by atoms with Crippen molar-refractivity contribution in [1.29, 1.82) is 0 Å². The summed E-state index contributed by atoms with van der Waals surface area (Å²) < 4.78 is 17.5. The molecular weight excluding hydrogens is 837 g/mol. The smallest absolute Gasteiger partial charge is 0.306 e. The third-order valence-corrected chi connectivity index (χ3v) is 12.7. The van der Waals surface area contributed by atoms with Crippen LogP contribution < -0.4 is 0 Å². The molecule has 68 heavy (non-hydrogen) atoms. The van der Waals surface area contributed by atoms with Crippen LogP contribution in [0, 0.1) is 0 Å². The average Bonchev–Trinajstić information content (AvgIpc) is 3.34. The lowest BCUT2D eigenvalue weighted by Crippen LogP contribution is -2.30. The Morgan fingerprint density at radius 1 is 0.338 bits per heavy atom. The Hall–Kier alpha value is -2.66. The van der Waals surface area contributed by atoms with E-state index in [0.29, 0.717) is 19.4 Å². The van der Waals surface area contributed by atoms with E-state index in [4.69, 9.17) is 14.2 Å². The minimum absolute atomic E-state index is 0.0716. The molecule has 0 radical (unpaired) electrons. The first kappa shape index (κ1) is 65.3. The van der Waals surface area contributed by atoms with Gasteiger partial charge in [-0.2, -0.15) is 0 Å². The number of allylic oxidation sites excluding steroid dienone is 12. The quantitative estimate of drug-likeness (QED) is 0.0345. The molecule has 5 heteroatoms. The predicted octanol–water partition coefficient (Wildman–Crippen LogP) is 20.2. The first-order chi connectivity index (χ1) is 33.6. The van der Waals surface area contributed by atoms with Crippen LogP contribution in [-0.2, 0) is 23.8 Å². The van der Waals surface area contributed by atoms with Crippen molar-refractivity contribution in [3.63, 3.8) is 0 Å². The molecule has 0 aromatic rings. The Bertz CT molecular complexity index is 1210. The SMILES string of the molecule is CC/C=C\C/C=C\C/C=C\C/C=C\CCCCCCC(=O)OC[C@@H](COCCCCCCCCCCCCCCCCCC)OC(=O)CCCCCCCCCCC/C=C\C/C=C\CCCCC. The maximum Gasteiger partial charge on any atom is 0.306 e. The summed E-state index contributed by atoms with van der Waals surface area (Å²) in [5.41, 5.74) is 0. The fourth-order valence-corrected chi connectivity index (χ4v) is 8.36. The first-order valence-corrected chi connectivity index (χ1v) is 29.5. The minimum atomic E-state index is -0.550. The Labute approximate surface area is 423 Å². The van der Waals surface area contributed by atoms with Gasteiger partial charge in [0.05, 0.1) is 6.61 Å². The van der Waals surface area contributed by atoms with E-state index in [9.17, 15) is 9.59 Å². The van der Waals surface area contributed by atoms with Crippen LogP contribution in [0.5, 0.6) is 0 Å². The van der Waals surface area contributed by atoms with Gasteiger partial charge < -0.3 is 14.2 Å². The van der Waals surface area contributed by atoms with Gasteiger partial charge in [-0.1, -0.05) is 261 Å². The van der Waals surface area contributed by atoms with Crippen molar-refractivity contribution in [1.82, 2.24) is 0 Å². The van der Waals surface area contributed by atoms with Crippen LogP contribution in [0.1, 0.15) is 290 Å². The standard InChI is InChI=1S/C63H112O5/c1-4-7-10-13-16-19-22-25-28-31-32-34-36-39-42-45-48-51-54-57-63(65)68-61(59-66-58-55-52-49-46-43-40-37-30-27-24-21-18-15-12-9-6-3)60-67-62(64)56-53-50-47-44-41-38-35-33-29-26-23-20-17-14-11-8-5-2/h8,11,16-17,19-20,25-26,28-29,35,38,61H,4-7,9-10,12-15,18,21-24,27,30-34,36-37,39-60H2,1-3H3/b11-8-,19-16-,20-17-,28-25-,29-26-,38-35-/t61-/m1/s1. The first-order valence-electron chi connectivity index (χ1n) is 29.5. The second kappa shape index (κ2) is 58.7. The van der Waals surface area contributed by atoms with E-state index in [2.05, 4.69) is 93.7 Å². The number of esters is 2. The monoisotopic (exact) mass is 949 g/mol. The molecule has 5 nitrogen and oxygen atoms in total. The summed E-state index contributed by atoms with van der Waals surface area (Å²) in [5.74, 6) is -0.418. The Balaban J connectivity index is 4.31. The fourth-order valence-electron chi connectivity index (χ4n) is 8.36. The van der Waals surface area contributed by atoms with Gasteiger partial charge in [0.2, 0.25) is 0 Å². The van der Waals surface area contributed by atoms with Gasteiger partial charge in [0.1, 0.15) is 6.61 Å². The summed E-state index contributed by atoms with van der Waals surface area (Å²) in [6.07, 6.45) is 76.4. The molecule has 0 bridgehead atoms. The zero-order chi connectivity index (χ0) is 49.2. The summed E-state index contributed by atoms with van der Waals surface area (Å²) in [6.45, 7) is 7.70. The van der Waals surface area contributed by atoms with E-state index in [1.165, 1.54) is 161 Å². The molecule has 0 aliphatic rings. The number of rotatable bonds is 54. The van der Waals surface area contributed by atoms with Crippen LogP contribution in [-0.4, -0.2) is 37.9 Å². The van der Waals surface area contributed by atoms with Gasteiger partial charge in [-0.05, 0) is 89.9 Å². The van der Waals surface area contributed by atoms with E-state index in [0.717, 1.165) is 96.3 Å². The molecule has 0 aliphatic carbocycles. The molecule has 0 aromatic carbocycles. The van der Waals surface area contributed by atoms with Crippen molar-refractivity contribution in [3.05, 3.63) is 72.9 Å². The van der Waals surface area contributed by atoms with Crippen LogP contribution in [0.2, 0.25) is 0 Å². The van der Waals surface area contributed by atoms with E-state index in [1.54, 1.807) is 0 Å². The molecular formula is C63H112O5. The van der Waals surface area contributed by atoms with Gasteiger partial charge in [0.15, 0.2) is 6.10 Å². The lowest BCUT2D eigenvalue weighted by Gasteiger charge is -2.18. The maximum atomic E-state index is 12.9. The number of carbonyl (C=O) groups is 2.